The van der Waals surface area contributed by atoms with Crippen molar-refractivity contribution in [3.63, 3.8) is 0 Å². The van der Waals surface area contributed by atoms with Crippen molar-refractivity contribution >= 4 is 23.2 Å². The number of hydrogen-bond donors (Lipinski definition) is 1. The van der Waals surface area contributed by atoms with Crippen molar-refractivity contribution in [2.75, 3.05) is 49.5 Å². The number of halogens is 1. The molecule has 1 saturated heterocycles. The second-order valence-electron chi connectivity index (χ2n) is 9.00. The van der Waals surface area contributed by atoms with Gasteiger partial charge >= 0.3 is 0 Å². The van der Waals surface area contributed by atoms with Crippen LogP contribution < -0.4 is 10.2 Å². The summed E-state index contributed by atoms with van der Waals surface area (Å²) in [6.07, 6.45) is 1.57. The largest absolute Gasteiger partial charge is 0.367 e. The Hall–Kier alpha value is -3.72. The summed E-state index contributed by atoms with van der Waals surface area (Å²) in [4.78, 5) is 32.1. The Labute approximate surface area is 217 Å². The number of aryl methyl sites for hydroxylation is 1. The molecule has 8 nitrogen and oxygen atoms in total. The van der Waals surface area contributed by atoms with E-state index < -0.39 is 5.82 Å². The molecule has 4 rings (SSSR count). The van der Waals surface area contributed by atoms with Crippen LogP contribution in [0.2, 0.25) is 0 Å². The fraction of sp³-hybridized carbons (Fsp3) is 0.393. The summed E-state index contributed by atoms with van der Waals surface area (Å²) >= 11 is 0. The first-order chi connectivity index (χ1) is 18.0. The predicted molar refractivity (Wildman–Crippen MR) is 143 cm³/mol. The van der Waals surface area contributed by atoms with Crippen LogP contribution in [0, 0.1) is 5.82 Å². The van der Waals surface area contributed by atoms with Gasteiger partial charge in [-0.2, -0.15) is 5.10 Å². The summed E-state index contributed by atoms with van der Waals surface area (Å²) in [7, 11) is 0. The third kappa shape index (κ3) is 5.83. The average Bonchev–Trinajstić information content (AvgIpc) is 3.40. The Kier molecular flexibility index (Phi) is 8.55. The number of piperazine rings is 1. The van der Waals surface area contributed by atoms with Gasteiger partial charge in [-0.1, -0.05) is 30.3 Å². The Morgan fingerprint density at radius 1 is 1.00 bits per heavy atom. The quantitative estimate of drug-likeness (QED) is 0.475. The maximum Gasteiger partial charge on any atom is 0.273 e. The van der Waals surface area contributed by atoms with E-state index in [1.54, 1.807) is 29.1 Å². The van der Waals surface area contributed by atoms with Crippen LogP contribution in [-0.2, 0) is 11.3 Å². The van der Waals surface area contributed by atoms with Gasteiger partial charge in [-0.05, 0) is 50.6 Å². The predicted octanol–water partition coefficient (Wildman–Crippen LogP) is 4.03. The van der Waals surface area contributed by atoms with Crippen molar-refractivity contribution in [3.05, 3.63) is 77.9 Å². The lowest BCUT2D eigenvalue weighted by molar-refractivity contribution is -0.137. The number of carbonyl (C=O) groups excluding carboxylic acids is 2. The van der Waals surface area contributed by atoms with Crippen molar-refractivity contribution in [1.82, 2.24) is 19.6 Å². The van der Waals surface area contributed by atoms with Crippen molar-refractivity contribution in [2.45, 2.75) is 33.4 Å². The molecule has 9 heteroatoms. The maximum atomic E-state index is 15.1. The highest BCUT2D eigenvalue weighted by atomic mass is 19.1. The lowest BCUT2D eigenvalue weighted by Crippen LogP contribution is -2.51. The molecule has 0 saturated carbocycles. The molecule has 1 atom stereocenters. The van der Waals surface area contributed by atoms with E-state index in [-0.39, 0.29) is 17.9 Å². The molecule has 2 aromatic carbocycles. The molecule has 2 amide bonds. The molecule has 196 valence electrons. The monoisotopic (exact) mass is 506 g/mol. The Morgan fingerprint density at radius 3 is 2.32 bits per heavy atom. The fourth-order valence-corrected chi connectivity index (χ4v) is 4.89. The number of hydrogen-bond acceptors (Lipinski definition) is 5. The number of amides is 2. The summed E-state index contributed by atoms with van der Waals surface area (Å²) in [6, 6.07) is 15.9. The van der Waals surface area contributed by atoms with E-state index in [1.807, 2.05) is 60.9 Å². The van der Waals surface area contributed by atoms with Gasteiger partial charge < -0.3 is 15.1 Å². The van der Waals surface area contributed by atoms with Crippen LogP contribution in [-0.4, -0.2) is 70.7 Å². The molecule has 1 aromatic heterocycles. The lowest BCUT2D eigenvalue weighted by Gasteiger charge is -2.41. The summed E-state index contributed by atoms with van der Waals surface area (Å²) in [5, 5.41) is 6.86. The smallest absolute Gasteiger partial charge is 0.273 e. The molecule has 1 unspecified atom stereocenters. The van der Waals surface area contributed by atoms with E-state index in [2.05, 4.69) is 15.3 Å². The molecule has 1 N–H and O–H groups in total. The van der Waals surface area contributed by atoms with Gasteiger partial charge in [0.05, 0.1) is 5.69 Å². The molecular formula is C28H35FN6O2. The maximum absolute atomic E-state index is 15.1. The zero-order valence-electron chi connectivity index (χ0n) is 21.7. The van der Waals surface area contributed by atoms with Gasteiger partial charge in [-0.15, -0.1) is 0 Å². The van der Waals surface area contributed by atoms with Crippen LogP contribution in [0.5, 0.6) is 0 Å². The molecule has 0 radical (unpaired) electrons. The van der Waals surface area contributed by atoms with Crippen LogP contribution in [0.15, 0.2) is 60.8 Å². The van der Waals surface area contributed by atoms with E-state index in [9.17, 15) is 9.59 Å². The highest BCUT2D eigenvalue weighted by Gasteiger charge is 2.33. The molecule has 1 aliphatic rings. The second-order valence-corrected chi connectivity index (χ2v) is 9.00. The van der Waals surface area contributed by atoms with Gasteiger partial charge in [0.1, 0.15) is 17.6 Å². The first kappa shape index (κ1) is 26.3. The summed E-state index contributed by atoms with van der Waals surface area (Å²) in [5.74, 6) is -0.626. The third-order valence-corrected chi connectivity index (χ3v) is 6.90. The van der Waals surface area contributed by atoms with Crippen molar-refractivity contribution in [2.24, 2.45) is 0 Å². The van der Waals surface area contributed by atoms with E-state index in [1.165, 1.54) is 6.07 Å². The number of aromatic nitrogens is 2. The Morgan fingerprint density at radius 2 is 1.70 bits per heavy atom. The number of nitrogens with zero attached hydrogens (tertiary/aromatic N) is 5. The Balaban J connectivity index is 1.44. The van der Waals surface area contributed by atoms with Gasteiger partial charge in [-0.3, -0.25) is 19.2 Å². The van der Waals surface area contributed by atoms with Gasteiger partial charge in [0, 0.05) is 57.7 Å². The number of likely N-dealkylation sites (N-methyl/N-ethyl adjacent to an activating group) is 1. The lowest BCUT2D eigenvalue weighted by atomic mass is 10.0. The van der Waals surface area contributed by atoms with E-state index in [0.29, 0.717) is 62.9 Å². The molecule has 0 aliphatic carbocycles. The molecule has 37 heavy (non-hydrogen) atoms. The first-order valence-electron chi connectivity index (χ1n) is 12.9. The topological polar surface area (TPSA) is 73.7 Å². The zero-order valence-corrected chi connectivity index (χ0v) is 21.7. The second kappa shape index (κ2) is 12.0. The van der Waals surface area contributed by atoms with Crippen LogP contribution in [0.1, 0.15) is 42.9 Å². The van der Waals surface area contributed by atoms with Crippen LogP contribution in [0.4, 0.5) is 15.8 Å². The van der Waals surface area contributed by atoms with Crippen LogP contribution in [0.25, 0.3) is 0 Å². The zero-order chi connectivity index (χ0) is 26.4. The van der Waals surface area contributed by atoms with E-state index >= 15 is 4.39 Å². The molecule has 1 fully saturated rings. The minimum atomic E-state index is -0.394. The highest BCUT2D eigenvalue weighted by molar-refractivity contribution is 6.03. The first-order valence-corrected chi connectivity index (χ1v) is 12.9. The molecular weight excluding hydrogens is 471 g/mol. The number of anilines is 2. The molecule has 2 heterocycles. The number of nitrogens with one attached hydrogen (secondary N) is 1. The number of benzene rings is 2. The summed E-state index contributed by atoms with van der Waals surface area (Å²) < 4.78 is 16.7. The fourth-order valence-electron chi connectivity index (χ4n) is 4.89. The van der Waals surface area contributed by atoms with Crippen molar-refractivity contribution < 1.29 is 14.0 Å². The molecule has 0 bridgehead atoms. The molecule has 3 aromatic rings. The number of rotatable bonds is 9. The minimum Gasteiger partial charge on any atom is -0.367 e. The minimum absolute atomic E-state index is 0.0975. The van der Waals surface area contributed by atoms with Crippen LogP contribution in [0.3, 0.4) is 0 Å². The summed E-state index contributed by atoms with van der Waals surface area (Å²) in [5.41, 5.74) is 2.28. The van der Waals surface area contributed by atoms with Gasteiger partial charge in [0.25, 0.3) is 5.91 Å². The third-order valence-electron chi connectivity index (χ3n) is 6.90. The normalized spacial score (nSPS) is 14.9. The summed E-state index contributed by atoms with van der Waals surface area (Å²) in [6.45, 7) is 10.2. The van der Waals surface area contributed by atoms with E-state index in [0.717, 1.165) is 5.56 Å². The average molecular weight is 507 g/mol. The van der Waals surface area contributed by atoms with E-state index in [4.69, 9.17) is 0 Å². The van der Waals surface area contributed by atoms with Gasteiger partial charge in [0.15, 0.2) is 0 Å². The molecule has 1 aliphatic heterocycles. The van der Waals surface area contributed by atoms with Crippen LogP contribution >= 0.6 is 0 Å². The van der Waals surface area contributed by atoms with Crippen molar-refractivity contribution in [1.29, 1.82) is 0 Å². The van der Waals surface area contributed by atoms with Crippen molar-refractivity contribution in [3.8, 4) is 0 Å². The number of carbonyl (C=O) groups is 2. The van der Waals surface area contributed by atoms with Gasteiger partial charge in [-0.25, -0.2) is 4.39 Å². The Bertz CT molecular complexity index is 1200. The molecule has 0 spiro atoms. The SMILES string of the molecule is CCN(CC)C(=O)C(c1ccccc1)N1CCN(c2ccc(NC(=O)c3ccnn3CC)cc2F)CC1. The van der Waals surface area contributed by atoms with Gasteiger partial charge in [0.2, 0.25) is 5.91 Å². The highest BCUT2D eigenvalue weighted by Crippen LogP contribution is 2.28. The standard InChI is InChI=1S/C28H35FN6O2/c1-4-32(5-2)28(37)26(21-10-8-7-9-11-21)34-18-16-33(17-19-34)24-13-12-22(20-23(24)29)31-27(36)25-14-15-30-35(25)6-3/h7-15,20,26H,4-6,16-19H2,1-3H3,(H,31,36).